The van der Waals surface area contributed by atoms with Crippen molar-refractivity contribution in [3.63, 3.8) is 0 Å². The van der Waals surface area contributed by atoms with E-state index in [4.69, 9.17) is 4.74 Å². The van der Waals surface area contributed by atoms with Crippen molar-refractivity contribution in [2.45, 2.75) is 24.8 Å². The molecule has 0 radical (unpaired) electrons. The smallest absolute Gasteiger partial charge is 0.317 e. The number of amides is 1. The second kappa shape index (κ2) is 8.73. The highest BCUT2D eigenvalue weighted by molar-refractivity contribution is 8.00. The number of fused-ring (bicyclic) bond motifs is 1. The molecule has 0 heterocycles. The first kappa shape index (κ1) is 19.0. The van der Waals surface area contributed by atoms with Crippen molar-refractivity contribution < 1.29 is 14.3 Å². The van der Waals surface area contributed by atoms with E-state index in [1.54, 1.807) is 6.92 Å². The van der Waals surface area contributed by atoms with Crippen molar-refractivity contribution in [2.75, 3.05) is 11.1 Å². The molecule has 0 aliphatic rings. The predicted molar refractivity (Wildman–Crippen MR) is 110 cm³/mol. The Morgan fingerprint density at radius 1 is 1.00 bits per heavy atom. The highest BCUT2D eigenvalue weighted by atomic mass is 32.2. The first-order chi connectivity index (χ1) is 13.0. The van der Waals surface area contributed by atoms with Gasteiger partial charge in [0.1, 0.15) is 0 Å². The van der Waals surface area contributed by atoms with Gasteiger partial charge in [0, 0.05) is 16.0 Å². The second-order valence-electron chi connectivity index (χ2n) is 6.20. The lowest BCUT2D eigenvalue weighted by molar-refractivity contribution is -0.150. The average Bonchev–Trinajstić information content (AvgIpc) is 2.67. The summed E-state index contributed by atoms with van der Waals surface area (Å²) in [5.41, 5.74) is 1.81. The van der Waals surface area contributed by atoms with E-state index >= 15 is 0 Å². The Balaban J connectivity index is 1.57. The van der Waals surface area contributed by atoms with Crippen LogP contribution in [0.2, 0.25) is 0 Å². The molecule has 138 valence electrons. The lowest BCUT2D eigenvalue weighted by Gasteiger charge is -2.15. The van der Waals surface area contributed by atoms with Gasteiger partial charge < -0.3 is 10.1 Å². The van der Waals surface area contributed by atoms with Crippen molar-refractivity contribution in [3.8, 4) is 0 Å². The van der Waals surface area contributed by atoms with Crippen molar-refractivity contribution in [3.05, 3.63) is 72.3 Å². The lowest BCUT2D eigenvalue weighted by Crippen LogP contribution is -2.30. The molecule has 1 atom stereocenters. The average molecular weight is 379 g/mol. The molecule has 0 aliphatic heterocycles. The first-order valence-corrected chi connectivity index (χ1v) is 9.69. The first-order valence-electron chi connectivity index (χ1n) is 8.71. The molecule has 3 rings (SSSR count). The lowest BCUT2D eigenvalue weighted by atomic mass is 10.1. The number of hydrogen-bond acceptors (Lipinski definition) is 4. The monoisotopic (exact) mass is 379 g/mol. The van der Waals surface area contributed by atoms with E-state index in [2.05, 4.69) is 5.32 Å². The molecule has 0 saturated carbocycles. The van der Waals surface area contributed by atoms with Gasteiger partial charge in [-0.3, -0.25) is 9.59 Å². The Kier molecular flexibility index (Phi) is 6.14. The number of esters is 1. The summed E-state index contributed by atoms with van der Waals surface area (Å²) < 4.78 is 5.29. The van der Waals surface area contributed by atoms with E-state index in [1.807, 2.05) is 73.7 Å². The third kappa shape index (κ3) is 4.89. The van der Waals surface area contributed by atoms with Crippen LogP contribution in [0.1, 0.15) is 12.5 Å². The zero-order valence-electron chi connectivity index (χ0n) is 15.3. The molecule has 0 bridgehead atoms. The summed E-state index contributed by atoms with van der Waals surface area (Å²) in [6.07, 6.45) is -0.867. The fraction of sp³-hybridized carbons (Fsp3) is 0.182. The fourth-order valence-corrected chi connectivity index (χ4v) is 3.52. The van der Waals surface area contributed by atoms with Crippen LogP contribution in [0.5, 0.6) is 0 Å². The highest BCUT2D eigenvalue weighted by Crippen LogP contribution is 2.24. The van der Waals surface area contributed by atoms with Crippen molar-refractivity contribution in [2.24, 2.45) is 0 Å². The standard InChI is InChI=1S/C22H21NO3S/c1-15-8-3-6-13-20(15)27-14-21(24)26-16(2)22(25)23-19-12-7-10-17-9-4-5-11-18(17)19/h3-13,16H,14H2,1-2H3,(H,23,25)/t16-/m1/s1. The minimum absolute atomic E-state index is 0.163. The van der Waals surface area contributed by atoms with E-state index in [0.29, 0.717) is 5.69 Å². The summed E-state index contributed by atoms with van der Waals surface area (Å²) in [7, 11) is 0. The van der Waals surface area contributed by atoms with Gasteiger partial charge in [-0.1, -0.05) is 54.6 Å². The van der Waals surface area contributed by atoms with Crippen LogP contribution >= 0.6 is 11.8 Å². The van der Waals surface area contributed by atoms with E-state index in [1.165, 1.54) is 11.8 Å². The molecule has 27 heavy (non-hydrogen) atoms. The summed E-state index contributed by atoms with van der Waals surface area (Å²) in [4.78, 5) is 25.5. The molecular formula is C22H21NO3S. The van der Waals surface area contributed by atoms with Crippen molar-refractivity contribution in [1.82, 2.24) is 0 Å². The molecular weight excluding hydrogens is 358 g/mol. The summed E-state index contributed by atoms with van der Waals surface area (Å²) in [5.74, 6) is -0.596. The van der Waals surface area contributed by atoms with Gasteiger partial charge in [0.15, 0.2) is 6.10 Å². The third-order valence-electron chi connectivity index (χ3n) is 4.16. The molecule has 4 nitrogen and oxygen atoms in total. The summed E-state index contributed by atoms with van der Waals surface area (Å²) in [5, 5.41) is 4.83. The quantitative estimate of drug-likeness (QED) is 0.493. The maximum absolute atomic E-state index is 12.4. The van der Waals surface area contributed by atoms with E-state index in [-0.39, 0.29) is 11.7 Å². The van der Waals surface area contributed by atoms with Crippen LogP contribution in [-0.4, -0.2) is 23.7 Å². The Morgan fingerprint density at radius 2 is 1.70 bits per heavy atom. The molecule has 5 heteroatoms. The van der Waals surface area contributed by atoms with E-state index in [9.17, 15) is 9.59 Å². The molecule has 0 saturated heterocycles. The number of carbonyl (C=O) groups is 2. The van der Waals surface area contributed by atoms with Gasteiger partial charge in [-0.25, -0.2) is 0 Å². The van der Waals surface area contributed by atoms with E-state index in [0.717, 1.165) is 21.2 Å². The zero-order valence-corrected chi connectivity index (χ0v) is 16.1. The Morgan fingerprint density at radius 3 is 2.52 bits per heavy atom. The van der Waals surface area contributed by atoms with Gasteiger partial charge in [0.2, 0.25) is 0 Å². The third-order valence-corrected chi connectivity index (χ3v) is 5.31. The molecule has 3 aromatic rings. The number of thioether (sulfide) groups is 1. The molecule has 1 amide bonds. The number of nitrogens with one attached hydrogen (secondary N) is 1. The van der Waals surface area contributed by atoms with Crippen LogP contribution in [0.3, 0.4) is 0 Å². The van der Waals surface area contributed by atoms with Gasteiger partial charge in [0.05, 0.1) is 5.75 Å². The summed E-state index contributed by atoms with van der Waals surface area (Å²) in [6, 6.07) is 21.3. The van der Waals surface area contributed by atoms with Crippen LogP contribution in [-0.2, 0) is 14.3 Å². The van der Waals surface area contributed by atoms with Gasteiger partial charge in [-0.15, -0.1) is 11.8 Å². The molecule has 0 aromatic heterocycles. The minimum Gasteiger partial charge on any atom is -0.452 e. The van der Waals surface area contributed by atoms with Crippen molar-refractivity contribution in [1.29, 1.82) is 0 Å². The maximum atomic E-state index is 12.4. The van der Waals surface area contributed by atoms with Crippen LogP contribution in [0.25, 0.3) is 10.8 Å². The molecule has 1 N–H and O–H groups in total. The highest BCUT2D eigenvalue weighted by Gasteiger charge is 2.19. The molecule has 0 unspecified atom stereocenters. The summed E-state index contributed by atoms with van der Waals surface area (Å²) >= 11 is 1.41. The Bertz CT molecular complexity index is 965. The number of hydrogen-bond donors (Lipinski definition) is 1. The van der Waals surface area contributed by atoms with Gasteiger partial charge >= 0.3 is 5.97 Å². The molecule has 0 fully saturated rings. The number of anilines is 1. The zero-order chi connectivity index (χ0) is 19.2. The maximum Gasteiger partial charge on any atom is 0.317 e. The number of benzene rings is 3. The normalized spacial score (nSPS) is 11.8. The number of ether oxygens (including phenoxy) is 1. The van der Waals surface area contributed by atoms with E-state index < -0.39 is 12.1 Å². The molecule has 0 spiro atoms. The summed E-state index contributed by atoms with van der Waals surface area (Å²) in [6.45, 7) is 3.57. The molecule has 3 aromatic carbocycles. The largest absolute Gasteiger partial charge is 0.452 e. The number of carbonyl (C=O) groups excluding carboxylic acids is 2. The Hall–Kier alpha value is -2.79. The minimum atomic E-state index is -0.867. The van der Waals surface area contributed by atoms with Crippen molar-refractivity contribution >= 4 is 40.1 Å². The van der Waals surface area contributed by atoms with Gasteiger partial charge in [-0.05, 0) is 36.9 Å². The van der Waals surface area contributed by atoms with Gasteiger partial charge in [0.25, 0.3) is 5.91 Å². The van der Waals surface area contributed by atoms with Gasteiger partial charge in [-0.2, -0.15) is 0 Å². The van der Waals surface area contributed by atoms with Crippen LogP contribution in [0, 0.1) is 6.92 Å². The second-order valence-corrected chi connectivity index (χ2v) is 7.22. The fourth-order valence-electron chi connectivity index (χ4n) is 2.71. The Labute approximate surface area is 162 Å². The SMILES string of the molecule is Cc1ccccc1SCC(=O)O[C@H](C)C(=O)Nc1cccc2ccccc12. The van der Waals surface area contributed by atoms with Crippen LogP contribution in [0.15, 0.2) is 71.6 Å². The van der Waals surface area contributed by atoms with Crippen LogP contribution in [0.4, 0.5) is 5.69 Å². The number of rotatable bonds is 6. The number of aryl methyl sites for hydroxylation is 1. The topological polar surface area (TPSA) is 55.4 Å². The predicted octanol–water partition coefficient (Wildman–Crippen LogP) is 4.81. The van der Waals surface area contributed by atoms with Crippen LogP contribution < -0.4 is 5.32 Å². The molecule has 0 aliphatic carbocycles.